The molecule has 16 nitrogen and oxygen atoms in total. The number of fused-ring (bicyclic) bond motifs is 1. The first kappa shape index (κ1) is 35.1. The Balaban J connectivity index is 1.38. The number of hydrogen-bond donors (Lipinski definition) is 3. The van der Waals surface area contributed by atoms with Gasteiger partial charge in [-0.2, -0.15) is 5.09 Å². The molecular formula is C29H42N7O9PS. The smallest absolute Gasteiger partial charge is 0.459 e. The van der Waals surface area contributed by atoms with Gasteiger partial charge in [0.25, 0.3) is 0 Å². The van der Waals surface area contributed by atoms with Gasteiger partial charge in [-0.25, -0.2) is 27.9 Å². The van der Waals surface area contributed by atoms with E-state index in [1.165, 1.54) is 17.7 Å². The molecule has 1 saturated heterocycles. The van der Waals surface area contributed by atoms with E-state index >= 15 is 0 Å². The standard InChI is InChI=1S/C29H42N7O9PS/c1-7-29(38)15-23(35-18-32-24-25(35)30-17-31-26(24)36(8-2)34-47(6,40)41)44-22(29)16-42-46(39,45-21-11-9-20(5)10-12-21)33-28(13-14-28)27(37)43-19(3)4/h9-12,17-19,22-23,34,38H,7-8,13-16H2,1-6H3,(H,33,39)/t22?,23?,29-,46?/m0/s1. The number of aromatic nitrogens is 4. The number of sulfonamides is 1. The van der Waals surface area contributed by atoms with Gasteiger partial charge in [0, 0.05) is 13.0 Å². The summed E-state index contributed by atoms with van der Waals surface area (Å²) < 4.78 is 63.3. The monoisotopic (exact) mass is 695 g/mol. The highest BCUT2D eigenvalue weighted by Crippen LogP contribution is 2.53. The Hall–Kier alpha value is -3.18. The summed E-state index contributed by atoms with van der Waals surface area (Å²) in [5.74, 6) is -0.0364. The van der Waals surface area contributed by atoms with E-state index in [1.54, 1.807) is 56.5 Å². The average molecular weight is 696 g/mol. The van der Waals surface area contributed by atoms with Gasteiger partial charge in [-0.15, -0.1) is 4.83 Å². The van der Waals surface area contributed by atoms with E-state index in [2.05, 4.69) is 24.9 Å². The van der Waals surface area contributed by atoms with E-state index in [9.17, 15) is 22.9 Å². The van der Waals surface area contributed by atoms with Gasteiger partial charge in [0.05, 0.1) is 30.9 Å². The fourth-order valence-corrected chi connectivity index (χ4v) is 7.64. The molecule has 0 bridgehead atoms. The molecule has 3 unspecified atom stereocenters. The highest BCUT2D eigenvalue weighted by Gasteiger charge is 2.57. The minimum Gasteiger partial charge on any atom is -0.462 e. The van der Waals surface area contributed by atoms with Gasteiger partial charge >= 0.3 is 13.7 Å². The van der Waals surface area contributed by atoms with Gasteiger partial charge in [-0.3, -0.25) is 18.9 Å². The van der Waals surface area contributed by atoms with Crippen molar-refractivity contribution in [3.05, 3.63) is 42.5 Å². The van der Waals surface area contributed by atoms with Gasteiger partial charge in [0.2, 0.25) is 10.0 Å². The molecule has 47 heavy (non-hydrogen) atoms. The number of anilines is 1. The zero-order valence-corrected chi connectivity index (χ0v) is 29.0. The minimum absolute atomic E-state index is 0.114. The third-order valence-corrected chi connectivity index (χ3v) is 10.2. The van der Waals surface area contributed by atoms with Crippen molar-refractivity contribution in [1.82, 2.24) is 29.4 Å². The van der Waals surface area contributed by atoms with E-state index in [-0.39, 0.29) is 43.7 Å². The van der Waals surface area contributed by atoms with Crippen LogP contribution in [-0.2, 0) is 33.4 Å². The van der Waals surface area contributed by atoms with Crippen LogP contribution in [0.25, 0.3) is 11.2 Å². The second-order valence-corrected chi connectivity index (χ2v) is 15.6. The molecule has 2 aromatic heterocycles. The van der Waals surface area contributed by atoms with Crippen LogP contribution in [0.2, 0.25) is 0 Å². The van der Waals surface area contributed by atoms with E-state index in [0.29, 0.717) is 24.0 Å². The van der Waals surface area contributed by atoms with Gasteiger partial charge < -0.3 is 19.1 Å². The van der Waals surface area contributed by atoms with Crippen molar-refractivity contribution in [2.75, 3.05) is 24.4 Å². The van der Waals surface area contributed by atoms with E-state index in [0.717, 1.165) is 11.8 Å². The quantitative estimate of drug-likeness (QED) is 0.119. The number of benzene rings is 1. The largest absolute Gasteiger partial charge is 0.462 e. The summed E-state index contributed by atoms with van der Waals surface area (Å²) in [6.45, 7) is 8.83. The lowest BCUT2D eigenvalue weighted by molar-refractivity contribution is -0.150. The Morgan fingerprint density at radius 2 is 1.91 bits per heavy atom. The molecular weight excluding hydrogens is 653 g/mol. The molecule has 18 heteroatoms. The van der Waals surface area contributed by atoms with E-state index in [4.69, 9.17) is 18.5 Å². The molecule has 5 rings (SSSR count). The van der Waals surface area contributed by atoms with Crippen LogP contribution in [-0.4, -0.2) is 81.8 Å². The summed E-state index contributed by atoms with van der Waals surface area (Å²) in [5, 5.41) is 15.9. The minimum atomic E-state index is -4.23. The average Bonchev–Trinajstić information content (AvgIpc) is 3.51. The lowest BCUT2D eigenvalue weighted by atomic mass is 9.92. The predicted octanol–water partition coefficient (Wildman–Crippen LogP) is 3.13. The summed E-state index contributed by atoms with van der Waals surface area (Å²) in [6, 6.07) is 6.88. The molecule has 1 aliphatic heterocycles. The van der Waals surface area contributed by atoms with Crippen molar-refractivity contribution in [2.24, 2.45) is 0 Å². The van der Waals surface area contributed by atoms with Crippen molar-refractivity contribution in [2.45, 2.75) is 89.9 Å². The molecule has 3 aromatic rings. The van der Waals surface area contributed by atoms with Crippen LogP contribution in [0.15, 0.2) is 36.9 Å². The third-order valence-electron chi connectivity index (χ3n) is 8.04. The molecule has 4 atom stereocenters. The van der Waals surface area contributed by atoms with Crippen LogP contribution >= 0.6 is 7.75 Å². The number of carbonyl (C=O) groups is 1. The Kier molecular flexibility index (Phi) is 10.0. The summed E-state index contributed by atoms with van der Waals surface area (Å²) in [6.07, 6.45) is 2.85. The van der Waals surface area contributed by atoms with Crippen LogP contribution < -0.4 is 19.5 Å². The first-order chi connectivity index (χ1) is 22.1. The predicted molar refractivity (Wildman–Crippen MR) is 172 cm³/mol. The first-order valence-electron chi connectivity index (χ1n) is 15.4. The Bertz CT molecular complexity index is 1750. The highest BCUT2D eigenvalue weighted by molar-refractivity contribution is 7.88. The Morgan fingerprint density at radius 3 is 2.51 bits per heavy atom. The van der Waals surface area contributed by atoms with Crippen molar-refractivity contribution in [3.8, 4) is 5.75 Å². The van der Waals surface area contributed by atoms with Crippen molar-refractivity contribution >= 4 is 40.7 Å². The summed E-state index contributed by atoms with van der Waals surface area (Å²) in [4.78, 5) is 28.4. The zero-order valence-electron chi connectivity index (χ0n) is 27.2. The fourth-order valence-electron chi connectivity index (χ4n) is 5.29. The maximum Gasteiger partial charge on any atom is 0.459 e. The van der Waals surface area contributed by atoms with Crippen LogP contribution in [0, 0.1) is 6.92 Å². The number of esters is 1. The number of rotatable bonds is 15. The number of carbonyl (C=O) groups excluding carboxylic acids is 1. The lowest BCUT2D eigenvalue weighted by Gasteiger charge is -2.29. The number of nitrogens with zero attached hydrogens (tertiary/aromatic N) is 5. The highest BCUT2D eigenvalue weighted by atomic mass is 32.2. The van der Waals surface area contributed by atoms with Crippen LogP contribution in [0.1, 0.15) is 65.2 Å². The van der Waals surface area contributed by atoms with E-state index in [1.807, 2.05) is 6.92 Å². The molecule has 3 N–H and O–H groups in total. The molecule has 1 aliphatic carbocycles. The number of imidazole rings is 1. The number of aliphatic hydroxyl groups is 1. The Morgan fingerprint density at radius 1 is 1.21 bits per heavy atom. The molecule has 2 aliphatic rings. The maximum absolute atomic E-state index is 14.3. The summed E-state index contributed by atoms with van der Waals surface area (Å²) in [7, 11) is -7.83. The second-order valence-electron chi connectivity index (χ2n) is 12.2. The molecule has 1 aromatic carbocycles. The van der Waals surface area contributed by atoms with Crippen LogP contribution in [0.3, 0.4) is 0 Å². The molecule has 0 radical (unpaired) electrons. The number of nitrogens with one attached hydrogen (secondary N) is 2. The number of hydrazine groups is 1. The van der Waals surface area contributed by atoms with Crippen molar-refractivity contribution in [1.29, 1.82) is 0 Å². The number of hydrogen-bond acceptors (Lipinski definition) is 13. The van der Waals surface area contributed by atoms with Crippen LogP contribution in [0.5, 0.6) is 5.75 Å². The molecule has 0 spiro atoms. The molecule has 258 valence electrons. The first-order valence-corrected chi connectivity index (χ1v) is 18.8. The SMILES string of the molecule is CCN(NS(C)(=O)=O)c1ncnc2c1ncn2C1C[C@@](O)(CC)C(COP(=O)(NC2(C(=O)OC(C)C)CC2)Oc2ccc(C)cc2)O1. The molecule has 3 heterocycles. The Labute approximate surface area is 273 Å². The molecule has 0 amide bonds. The van der Waals surface area contributed by atoms with Crippen LogP contribution in [0.4, 0.5) is 5.82 Å². The summed E-state index contributed by atoms with van der Waals surface area (Å²) >= 11 is 0. The van der Waals surface area contributed by atoms with E-state index < -0.39 is 47.2 Å². The lowest BCUT2D eigenvalue weighted by Crippen LogP contribution is -2.43. The normalized spacial score (nSPS) is 23.5. The van der Waals surface area contributed by atoms with Gasteiger partial charge in [0.15, 0.2) is 17.0 Å². The maximum atomic E-state index is 14.3. The summed E-state index contributed by atoms with van der Waals surface area (Å²) in [5.41, 5.74) is -0.999. The van der Waals surface area contributed by atoms with Gasteiger partial charge in [-0.1, -0.05) is 24.6 Å². The van der Waals surface area contributed by atoms with Crippen molar-refractivity contribution in [3.63, 3.8) is 0 Å². The second kappa shape index (κ2) is 13.4. The fraction of sp³-hybridized carbons (Fsp3) is 0.586. The molecule has 2 fully saturated rings. The topological polar surface area (TPSA) is 196 Å². The van der Waals surface area contributed by atoms with Gasteiger partial charge in [0.1, 0.15) is 29.9 Å². The van der Waals surface area contributed by atoms with Gasteiger partial charge in [-0.05, 0) is 59.1 Å². The number of ether oxygens (including phenoxy) is 2. The third kappa shape index (κ3) is 7.94. The molecule has 1 saturated carbocycles. The van der Waals surface area contributed by atoms with Crippen molar-refractivity contribution < 1.29 is 41.4 Å². The number of aryl methyl sites for hydroxylation is 1. The zero-order chi connectivity index (χ0) is 34.2.